The average Bonchev–Trinajstić information content (AvgIpc) is 2.61. The van der Waals surface area contributed by atoms with Crippen LogP contribution in [0, 0.1) is 12.7 Å². The Morgan fingerprint density at radius 1 is 0.875 bits per heavy atom. The number of hydrogen-bond donors (Lipinski definition) is 0. The van der Waals surface area contributed by atoms with E-state index in [2.05, 4.69) is 0 Å². The summed E-state index contributed by atoms with van der Waals surface area (Å²) in [5, 5.41) is 0. The van der Waals surface area contributed by atoms with E-state index in [1.165, 1.54) is 12.1 Å². The lowest BCUT2D eigenvalue weighted by Crippen LogP contribution is -2.50. The highest BCUT2D eigenvalue weighted by atomic mass is 19.1. The van der Waals surface area contributed by atoms with Gasteiger partial charge in [0.1, 0.15) is 5.82 Å². The van der Waals surface area contributed by atoms with Gasteiger partial charge in [0.05, 0.1) is 5.56 Å². The zero-order valence-corrected chi connectivity index (χ0v) is 13.5. The Morgan fingerprint density at radius 3 is 2.04 bits per heavy atom. The SMILES string of the molecule is Cc1ccc(C(=O)N2CCN(C(=O)c3ccccc3)CC2)c(F)c1. The summed E-state index contributed by atoms with van der Waals surface area (Å²) in [6.45, 7) is 3.50. The summed E-state index contributed by atoms with van der Waals surface area (Å²) in [7, 11) is 0. The Hall–Kier alpha value is -2.69. The number of aryl methyl sites for hydroxylation is 1. The molecular weight excluding hydrogens is 307 g/mol. The van der Waals surface area contributed by atoms with Crippen LogP contribution in [-0.2, 0) is 0 Å². The minimum absolute atomic E-state index is 0.0378. The van der Waals surface area contributed by atoms with Crippen LogP contribution in [0.15, 0.2) is 48.5 Å². The molecule has 0 aliphatic carbocycles. The van der Waals surface area contributed by atoms with E-state index in [0.717, 1.165) is 5.56 Å². The molecule has 1 aliphatic heterocycles. The summed E-state index contributed by atoms with van der Waals surface area (Å²) in [5.74, 6) is -0.855. The molecule has 0 N–H and O–H groups in total. The van der Waals surface area contributed by atoms with E-state index in [-0.39, 0.29) is 17.4 Å². The average molecular weight is 326 g/mol. The second kappa shape index (κ2) is 6.83. The summed E-state index contributed by atoms with van der Waals surface area (Å²) >= 11 is 0. The molecule has 1 heterocycles. The number of rotatable bonds is 2. The van der Waals surface area contributed by atoms with Crippen LogP contribution < -0.4 is 0 Å². The largest absolute Gasteiger partial charge is 0.335 e. The molecule has 0 aromatic heterocycles. The molecule has 3 rings (SSSR count). The minimum Gasteiger partial charge on any atom is -0.335 e. The minimum atomic E-state index is -0.497. The maximum absolute atomic E-state index is 14.0. The van der Waals surface area contributed by atoms with Gasteiger partial charge in [0.15, 0.2) is 0 Å². The van der Waals surface area contributed by atoms with Gasteiger partial charge in [-0.2, -0.15) is 0 Å². The summed E-state index contributed by atoms with van der Waals surface area (Å²) in [6.07, 6.45) is 0. The van der Waals surface area contributed by atoms with Gasteiger partial charge in [0, 0.05) is 31.7 Å². The standard InChI is InChI=1S/C19H19FN2O2/c1-14-7-8-16(17(20)13-14)19(24)22-11-9-21(10-12-22)18(23)15-5-3-2-4-6-15/h2-8,13H,9-12H2,1H3. The molecule has 0 saturated carbocycles. The number of benzene rings is 2. The van der Waals surface area contributed by atoms with Crippen molar-refractivity contribution in [1.29, 1.82) is 0 Å². The van der Waals surface area contributed by atoms with Crippen molar-refractivity contribution < 1.29 is 14.0 Å². The molecule has 0 bridgehead atoms. The molecule has 0 radical (unpaired) electrons. The molecule has 1 aliphatic rings. The molecule has 0 atom stereocenters. The first kappa shape index (κ1) is 16.2. The Bertz CT molecular complexity index is 753. The number of carbonyl (C=O) groups excluding carboxylic acids is 2. The maximum Gasteiger partial charge on any atom is 0.256 e. The first-order valence-corrected chi connectivity index (χ1v) is 7.96. The smallest absolute Gasteiger partial charge is 0.256 e. The van der Waals surface area contributed by atoms with Crippen LogP contribution in [0.4, 0.5) is 4.39 Å². The zero-order chi connectivity index (χ0) is 17.1. The summed E-state index contributed by atoms with van der Waals surface area (Å²) in [4.78, 5) is 28.2. The fraction of sp³-hybridized carbons (Fsp3) is 0.263. The second-order valence-corrected chi connectivity index (χ2v) is 5.93. The highest BCUT2D eigenvalue weighted by Gasteiger charge is 2.26. The molecule has 2 aromatic rings. The van der Waals surface area contributed by atoms with Gasteiger partial charge in [-0.05, 0) is 36.8 Å². The summed E-state index contributed by atoms with van der Waals surface area (Å²) in [5.41, 5.74) is 1.51. The predicted octanol–water partition coefficient (Wildman–Crippen LogP) is 2.73. The molecule has 24 heavy (non-hydrogen) atoms. The molecule has 4 nitrogen and oxygen atoms in total. The lowest BCUT2D eigenvalue weighted by Gasteiger charge is -2.35. The van der Waals surface area contributed by atoms with Gasteiger partial charge in [-0.15, -0.1) is 0 Å². The zero-order valence-electron chi connectivity index (χ0n) is 13.5. The molecule has 1 fully saturated rings. The van der Waals surface area contributed by atoms with Gasteiger partial charge in [0.2, 0.25) is 0 Å². The van der Waals surface area contributed by atoms with Crippen LogP contribution in [-0.4, -0.2) is 47.8 Å². The van der Waals surface area contributed by atoms with Crippen LogP contribution in [0.5, 0.6) is 0 Å². The Morgan fingerprint density at radius 2 is 1.46 bits per heavy atom. The normalized spacial score (nSPS) is 14.6. The molecule has 5 heteroatoms. The van der Waals surface area contributed by atoms with E-state index >= 15 is 0 Å². The lowest BCUT2D eigenvalue weighted by atomic mass is 10.1. The third-order valence-electron chi connectivity index (χ3n) is 4.23. The number of amides is 2. The highest BCUT2D eigenvalue weighted by Crippen LogP contribution is 2.15. The fourth-order valence-corrected chi connectivity index (χ4v) is 2.84. The van der Waals surface area contributed by atoms with Crippen LogP contribution in [0.1, 0.15) is 26.3 Å². The predicted molar refractivity (Wildman–Crippen MR) is 89.4 cm³/mol. The summed E-state index contributed by atoms with van der Waals surface area (Å²) in [6, 6.07) is 13.7. The van der Waals surface area contributed by atoms with E-state index in [4.69, 9.17) is 0 Å². The molecule has 0 spiro atoms. The van der Waals surface area contributed by atoms with Crippen molar-refractivity contribution in [2.24, 2.45) is 0 Å². The lowest BCUT2D eigenvalue weighted by molar-refractivity contribution is 0.0533. The Labute approximate surface area is 140 Å². The first-order valence-electron chi connectivity index (χ1n) is 7.96. The third-order valence-corrected chi connectivity index (χ3v) is 4.23. The van der Waals surface area contributed by atoms with Gasteiger partial charge in [-0.25, -0.2) is 4.39 Å². The van der Waals surface area contributed by atoms with E-state index in [9.17, 15) is 14.0 Å². The highest BCUT2D eigenvalue weighted by molar-refractivity contribution is 5.96. The van der Waals surface area contributed by atoms with Crippen molar-refractivity contribution >= 4 is 11.8 Å². The van der Waals surface area contributed by atoms with Crippen LogP contribution in [0.3, 0.4) is 0 Å². The van der Waals surface area contributed by atoms with E-state index in [0.29, 0.717) is 31.7 Å². The first-order chi connectivity index (χ1) is 11.6. The maximum atomic E-state index is 14.0. The van der Waals surface area contributed by atoms with E-state index < -0.39 is 5.82 Å². The van der Waals surface area contributed by atoms with Gasteiger partial charge in [-0.1, -0.05) is 24.3 Å². The van der Waals surface area contributed by atoms with Crippen molar-refractivity contribution in [1.82, 2.24) is 9.80 Å². The topological polar surface area (TPSA) is 40.6 Å². The van der Waals surface area contributed by atoms with E-state index in [1.807, 2.05) is 18.2 Å². The Balaban J connectivity index is 1.64. The van der Waals surface area contributed by atoms with Crippen LogP contribution >= 0.6 is 0 Å². The molecule has 124 valence electrons. The van der Waals surface area contributed by atoms with Crippen molar-refractivity contribution in [2.45, 2.75) is 6.92 Å². The number of hydrogen-bond acceptors (Lipinski definition) is 2. The summed E-state index contributed by atoms with van der Waals surface area (Å²) < 4.78 is 14.0. The van der Waals surface area contributed by atoms with Crippen molar-refractivity contribution in [3.8, 4) is 0 Å². The number of piperazine rings is 1. The molecule has 2 amide bonds. The number of nitrogens with zero attached hydrogens (tertiary/aromatic N) is 2. The van der Waals surface area contributed by atoms with Crippen molar-refractivity contribution in [3.05, 3.63) is 71.0 Å². The van der Waals surface area contributed by atoms with E-state index in [1.54, 1.807) is 34.9 Å². The molecular formula is C19H19FN2O2. The van der Waals surface area contributed by atoms with Crippen molar-refractivity contribution in [2.75, 3.05) is 26.2 Å². The number of halogens is 1. The second-order valence-electron chi connectivity index (χ2n) is 5.93. The van der Waals surface area contributed by atoms with Gasteiger partial charge < -0.3 is 9.80 Å². The van der Waals surface area contributed by atoms with Crippen LogP contribution in [0.2, 0.25) is 0 Å². The van der Waals surface area contributed by atoms with Crippen molar-refractivity contribution in [3.63, 3.8) is 0 Å². The third kappa shape index (κ3) is 3.30. The molecule has 2 aromatic carbocycles. The van der Waals surface area contributed by atoms with Gasteiger partial charge in [-0.3, -0.25) is 9.59 Å². The van der Waals surface area contributed by atoms with Gasteiger partial charge in [0.25, 0.3) is 11.8 Å². The monoisotopic (exact) mass is 326 g/mol. The Kier molecular flexibility index (Phi) is 4.60. The van der Waals surface area contributed by atoms with Crippen LogP contribution in [0.25, 0.3) is 0 Å². The van der Waals surface area contributed by atoms with Gasteiger partial charge >= 0.3 is 0 Å². The molecule has 1 saturated heterocycles. The number of carbonyl (C=O) groups is 2. The molecule has 0 unspecified atom stereocenters. The quantitative estimate of drug-likeness (QED) is 0.851. The fourth-order valence-electron chi connectivity index (χ4n) is 2.84.